The fourth-order valence-electron chi connectivity index (χ4n) is 2.35. The minimum atomic E-state index is -0.968. The number of allylic oxidation sites excluding steroid dienone is 2. The summed E-state index contributed by atoms with van der Waals surface area (Å²) in [5.74, 6) is -1.63. The van der Waals surface area contributed by atoms with Crippen LogP contribution in [-0.2, 0) is 9.59 Å². The van der Waals surface area contributed by atoms with Crippen molar-refractivity contribution < 1.29 is 19.8 Å². The molecule has 0 aliphatic carbocycles. The molecule has 0 saturated carbocycles. The Morgan fingerprint density at radius 2 is 1.12 bits per heavy atom. The Balaban J connectivity index is 0. The number of nitrogens with two attached hydrogens (primary N) is 1. The Morgan fingerprint density at radius 1 is 0.720 bits per heavy atom. The number of hydrogen-bond donors (Lipinski definition) is 3. The van der Waals surface area contributed by atoms with E-state index >= 15 is 0 Å². The molecule has 0 aromatic carbocycles. The van der Waals surface area contributed by atoms with E-state index in [4.69, 9.17) is 10.2 Å². The van der Waals surface area contributed by atoms with Gasteiger partial charge in [0.15, 0.2) is 0 Å². The quantitative estimate of drug-likeness (QED) is 0.262. The number of carboxylic acid groups (broad SMARTS) is 2. The molecule has 0 atom stereocenters. The number of rotatable bonds is 16. The molecular weight excluding hydrogens is 318 g/mol. The van der Waals surface area contributed by atoms with Gasteiger partial charge in [0.25, 0.3) is 0 Å². The van der Waals surface area contributed by atoms with Gasteiger partial charge in [-0.3, -0.25) is 9.59 Å². The van der Waals surface area contributed by atoms with Gasteiger partial charge in [-0.25, -0.2) is 0 Å². The molecule has 0 aliphatic rings. The molecule has 0 saturated heterocycles. The van der Waals surface area contributed by atoms with E-state index in [9.17, 15) is 9.59 Å². The van der Waals surface area contributed by atoms with Crippen molar-refractivity contribution in [1.82, 2.24) is 0 Å². The highest BCUT2D eigenvalue weighted by molar-refractivity contribution is 5.68. The van der Waals surface area contributed by atoms with Crippen molar-refractivity contribution >= 4 is 11.9 Å². The van der Waals surface area contributed by atoms with Crippen LogP contribution in [0.15, 0.2) is 12.2 Å². The molecule has 0 bridgehead atoms. The summed E-state index contributed by atoms with van der Waals surface area (Å²) < 4.78 is 0. The molecular formula is C20H39NO4. The molecule has 0 heterocycles. The number of carboxylic acids is 2. The van der Waals surface area contributed by atoms with Crippen LogP contribution in [0.1, 0.15) is 96.8 Å². The summed E-state index contributed by atoms with van der Waals surface area (Å²) in [4.78, 5) is 19.6. The molecule has 0 aromatic rings. The van der Waals surface area contributed by atoms with Gasteiger partial charge in [0.05, 0.1) is 6.54 Å². The van der Waals surface area contributed by atoms with Gasteiger partial charge in [0, 0.05) is 6.42 Å². The molecule has 0 fully saturated rings. The summed E-state index contributed by atoms with van der Waals surface area (Å²) >= 11 is 0. The van der Waals surface area contributed by atoms with E-state index in [1.54, 1.807) is 0 Å². The second kappa shape index (κ2) is 22.6. The maximum absolute atomic E-state index is 10.3. The molecule has 5 heteroatoms. The van der Waals surface area contributed by atoms with Crippen molar-refractivity contribution in [2.45, 2.75) is 96.8 Å². The lowest BCUT2D eigenvalue weighted by Gasteiger charge is -1.99. The first-order valence-electron chi connectivity index (χ1n) is 9.83. The SMILES string of the molecule is CCCCCCCCC=CCCCCCCCC(=O)O.NCC(=O)O. The van der Waals surface area contributed by atoms with E-state index < -0.39 is 11.9 Å². The van der Waals surface area contributed by atoms with Gasteiger partial charge in [0.1, 0.15) is 0 Å². The highest BCUT2D eigenvalue weighted by Crippen LogP contribution is 2.09. The van der Waals surface area contributed by atoms with Gasteiger partial charge >= 0.3 is 11.9 Å². The lowest BCUT2D eigenvalue weighted by molar-refractivity contribution is -0.137. The van der Waals surface area contributed by atoms with E-state index in [1.165, 1.54) is 70.6 Å². The molecule has 5 nitrogen and oxygen atoms in total. The summed E-state index contributed by atoms with van der Waals surface area (Å²) in [7, 11) is 0. The summed E-state index contributed by atoms with van der Waals surface area (Å²) in [5, 5.41) is 16.1. The lowest BCUT2D eigenvalue weighted by atomic mass is 10.1. The third-order valence-electron chi connectivity index (χ3n) is 3.83. The van der Waals surface area contributed by atoms with E-state index in [0.717, 1.165) is 12.8 Å². The van der Waals surface area contributed by atoms with Crippen molar-refractivity contribution in [2.75, 3.05) is 6.54 Å². The molecule has 0 spiro atoms. The summed E-state index contributed by atoms with van der Waals surface area (Å²) in [6.07, 6.45) is 21.2. The summed E-state index contributed by atoms with van der Waals surface area (Å²) in [5.41, 5.74) is 4.57. The fourth-order valence-corrected chi connectivity index (χ4v) is 2.35. The van der Waals surface area contributed by atoms with E-state index in [0.29, 0.717) is 6.42 Å². The van der Waals surface area contributed by atoms with Crippen LogP contribution in [0.25, 0.3) is 0 Å². The zero-order valence-electron chi connectivity index (χ0n) is 16.0. The monoisotopic (exact) mass is 357 g/mol. The van der Waals surface area contributed by atoms with Crippen LogP contribution in [0.4, 0.5) is 0 Å². The third kappa shape index (κ3) is 31.0. The molecule has 0 aliphatic heterocycles. The summed E-state index contributed by atoms with van der Waals surface area (Å²) in [6.45, 7) is 1.98. The van der Waals surface area contributed by atoms with Gasteiger partial charge in [-0.1, -0.05) is 70.4 Å². The minimum absolute atomic E-state index is 0.278. The molecule has 0 rings (SSSR count). The van der Waals surface area contributed by atoms with Gasteiger partial charge in [-0.15, -0.1) is 0 Å². The van der Waals surface area contributed by atoms with Crippen molar-refractivity contribution in [2.24, 2.45) is 5.73 Å². The molecule has 0 radical (unpaired) electrons. The first-order chi connectivity index (χ1) is 12.0. The topological polar surface area (TPSA) is 101 Å². The maximum Gasteiger partial charge on any atom is 0.317 e. The van der Waals surface area contributed by atoms with Gasteiger partial charge in [0.2, 0.25) is 0 Å². The average molecular weight is 358 g/mol. The number of aliphatic carboxylic acids is 2. The number of carbonyl (C=O) groups is 2. The van der Waals surface area contributed by atoms with Crippen molar-refractivity contribution in [3.8, 4) is 0 Å². The highest BCUT2D eigenvalue weighted by atomic mass is 16.4. The predicted octanol–water partition coefficient (Wildman–Crippen LogP) is 5.14. The standard InChI is InChI=1S/C18H34O2.C2H5NO2/c1-2-3-4-5-6-7-8-9-10-11-12-13-14-15-16-17-18(19)20;3-1-2(4)5/h9-10H,2-8,11-17H2,1H3,(H,19,20);1,3H2,(H,4,5). The Kier molecular flexibility index (Phi) is 23.4. The van der Waals surface area contributed by atoms with Crippen molar-refractivity contribution in [3.63, 3.8) is 0 Å². The minimum Gasteiger partial charge on any atom is -0.481 e. The fraction of sp³-hybridized carbons (Fsp3) is 0.800. The van der Waals surface area contributed by atoms with Gasteiger partial charge in [-0.2, -0.15) is 0 Å². The van der Waals surface area contributed by atoms with Crippen LogP contribution in [-0.4, -0.2) is 28.7 Å². The smallest absolute Gasteiger partial charge is 0.317 e. The largest absolute Gasteiger partial charge is 0.481 e. The van der Waals surface area contributed by atoms with Crippen LogP contribution < -0.4 is 5.73 Å². The van der Waals surface area contributed by atoms with Crippen LogP contribution in [0.5, 0.6) is 0 Å². The molecule has 25 heavy (non-hydrogen) atoms. The molecule has 148 valence electrons. The third-order valence-corrected chi connectivity index (χ3v) is 3.83. The Morgan fingerprint density at radius 3 is 1.52 bits per heavy atom. The first-order valence-corrected chi connectivity index (χ1v) is 9.83. The normalized spacial score (nSPS) is 10.5. The van der Waals surface area contributed by atoms with Crippen LogP contribution in [0.2, 0.25) is 0 Å². The molecule has 4 N–H and O–H groups in total. The van der Waals surface area contributed by atoms with Gasteiger partial charge < -0.3 is 15.9 Å². The molecule has 0 aromatic heterocycles. The van der Waals surface area contributed by atoms with Crippen LogP contribution in [0, 0.1) is 0 Å². The predicted molar refractivity (Wildman–Crippen MR) is 104 cm³/mol. The average Bonchev–Trinajstić information content (AvgIpc) is 2.58. The van der Waals surface area contributed by atoms with Crippen molar-refractivity contribution in [1.29, 1.82) is 0 Å². The van der Waals surface area contributed by atoms with E-state index in [1.807, 2.05) is 0 Å². The van der Waals surface area contributed by atoms with Crippen molar-refractivity contribution in [3.05, 3.63) is 12.2 Å². The Bertz CT molecular complexity index is 330. The summed E-state index contributed by atoms with van der Waals surface area (Å²) in [6, 6.07) is 0. The molecule has 0 unspecified atom stereocenters. The lowest BCUT2D eigenvalue weighted by Crippen LogP contribution is -2.10. The van der Waals surface area contributed by atoms with Crippen LogP contribution in [0.3, 0.4) is 0 Å². The highest BCUT2D eigenvalue weighted by Gasteiger charge is 1.95. The number of hydrogen-bond acceptors (Lipinski definition) is 3. The Labute approximate surface area is 153 Å². The first kappa shape index (κ1) is 25.9. The van der Waals surface area contributed by atoms with E-state index in [2.05, 4.69) is 24.8 Å². The van der Waals surface area contributed by atoms with E-state index in [-0.39, 0.29) is 6.54 Å². The zero-order chi connectivity index (χ0) is 19.2. The zero-order valence-corrected chi connectivity index (χ0v) is 16.0. The Hall–Kier alpha value is -1.36. The maximum atomic E-state index is 10.3. The second-order valence-electron chi connectivity index (χ2n) is 6.33. The molecule has 0 amide bonds. The van der Waals surface area contributed by atoms with Gasteiger partial charge in [-0.05, 0) is 32.1 Å². The second-order valence-corrected chi connectivity index (χ2v) is 6.33. The number of unbranched alkanes of at least 4 members (excludes halogenated alkanes) is 11. The van der Waals surface area contributed by atoms with Crippen LogP contribution >= 0.6 is 0 Å².